The summed E-state index contributed by atoms with van der Waals surface area (Å²) in [5.41, 5.74) is 5.05. The van der Waals surface area contributed by atoms with Crippen LogP contribution >= 0.6 is 0 Å². The number of pyridine rings is 1. The quantitative estimate of drug-likeness (QED) is 0.221. The number of hydrogen-bond donors (Lipinski definition) is 0. The lowest BCUT2D eigenvalue weighted by atomic mass is 10.1. The Morgan fingerprint density at radius 1 is 0.872 bits per heavy atom. The van der Waals surface area contributed by atoms with E-state index in [0.29, 0.717) is 50.5 Å². The van der Waals surface area contributed by atoms with E-state index in [-0.39, 0.29) is 17.8 Å². The average molecular weight is 634 g/mol. The van der Waals surface area contributed by atoms with Crippen LogP contribution in [0.4, 0.5) is 9.18 Å². The largest absolute Gasteiger partial charge is 0.444 e. The van der Waals surface area contributed by atoms with Gasteiger partial charge in [0.15, 0.2) is 0 Å². The molecule has 5 aromatic rings. The third kappa shape index (κ3) is 7.86. The van der Waals surface area contributed by atoms with Gasteiger partial charge in [0, 0.05) is 74.1 Å². The van der Waals surface area contributed by atoms with Gasteiger partial charge in [0.05, 0.1) is 12.2 Å². The van der Waals surface area contributed by atoms with E-state index in [4.69, 9.17) is 14.8 Å². The Bertz CT molecular complexity index is 1840. The highest BCUT2D eigenvalue weighted by atomic mass is 19.1. The monoisotopic (exact) mass is 633 g/mol. The topological polar surface area (TPSA) is 106 Å². The first-order valence-corrected chi connectivity index (χ1v) is 15.5. The lowest BCUT2D eigenvalue weighted by Crippen LogP contribution is -2.51. The van der Waals surface area contributed by atoms with E-state index >= 15 is 0 Å². The zero-order valence-corrected chi connectivity index (χ0v) is 26.6. The molecule has 240 valence electrons. The maximum Gasteiger partial charge on any atom is 0.410 e. The van der Waals surface area contributed by atoms with Crippen molar-refractivity contribution in [2.24, 2.45) is 0 Å². The average Bonchev–Trinajstić information content (AvgIpc) is 3.49. The summed E-state index contributed by atoms with van der Waals surface area (Å²) in [6.45, 7) is 7.74. The van der Waals surface area contributed by atoms with Crippen molar-refractivity contribution >= 4 is 12.0 Å². The molecule has 1 saturated heterocycles. The fraction of sp³-hybridized carbons (Fsp3) is 0.278. The van der Waals surface area contributed by atoms with E-state index < -0.39 is 5.60 Å². The van der Waals surface area contributed by atoms with Crippen molar-refractivity contribution < 1.29 is 18.7 Å². The van der Waals surface area contributed by atoms with Crippen LogP contribution in [0.25, 0.3) is 22.5 Å². The number of carbonyl (C=O) groups is 2. The van der Waals surface area contributed by atoms with E-state index in [1.807, 2.05) is 74.1 Å². The minimum Gasteiger partial charge on any atom is -0.444 e. The number of nitrogens with zero attached hydrogens (tertiary/aromatic N) is 7. The van der Waals surface area contributed by atoms with Crippen LogP contribution < -0.4 is 0 Å². The Kier molecular flexibility index (Phi) is 9.05. The van der Waals surface area contributed by atoms with Gasteiger partial charge in [-0.25, -0.2) is 19.2 Å². The molecule has 0 N–H and O–H groups in total. The van der Waals surface area contributed by atoms with Gasteiger partial charge >= 0.3 is 6.09 Å². The molecule has 3 aromatic heterocycles. The molecule has 0 unspecified atom stereocenters. The van der Waals surface area contributed by atoms with Crippen LogP contribution in [0.1, 0.15) is 48.1 Å². The minimum atomic E-state index is -0.559. The van der Waals surface area contributed by atoms with Gasteiger partial charge < -0.3 is 14.5 Å². The van der Waals surface area contributed by atoms with E-state index in [1.165, 1.54) is 12.1 Å². The van der Waals surface area contributed by atoms with Crippen molar-refractivity contribution in [2.45, 2.75) is 39.3 Å². The first kappa shape index (κ1) is 31.5. The number of rotatable bonds is 7. The summed E-state index contributed by atoms with van der Waals surface area (Å²) in [4.78, 5) is 42.6. The Morgan fingerprint density at radius 2 is 1.57 bits per heavy atom. The van der Waals surface area contributed by atoms with Crippen LogP contribution in [0.15, 0.2) is 91.5 Å². The maximum absolute atomic E-state index is 13.5. The van der Waals surface area contributed by atoms with Gasteiger partial charge in [-0.2, -0.15) is 5.10 Å². The molecule has 4 heterocycles. The minimum absolute atomic E-state index is 0.0702. The summed E-state index contributed by atoms with van der Waals surface area (Å²) >= 11 is 0. The van der Waals surface area contributed by atoms with Crippen LogP contribution in [-0.2, 0) is 17.7 Å². The van der Waals surface area contributed by atoms with Crippen molar-refractivity contribution in [3.63, 3.8) is 0 Å². The van der Waals surface area contributed by atoms with Crippen LogP contribution in [0.5, 0.6) is 0 Å². The highest BCUT2D eigenvalue weighted by molar-refractivity contribution is 5.94. The second-order valence-corrected chi connectivity index (χ2v) is 12.4. The van der Waals surface area contributed by atoms with Crippen molar-refractivity contribution in [3.8, 4) is 22.5 Å². The van der Waals surface area contributed by atoms with Crippen LogP contribution in [-0.4, -0.2) is 78.3 Å². The number of amides is 2. The zero-order chi connectivity index (χ0) is 33.0. The predicted molar refractivity (Wildman–Crippen MR) is 175 cm³/mol. The molecule has 6 rings (SSSR count). The molecule has 0 radical (unpaired) electrons. The molecule has 11 heteroatoms. The van der Waals surface area contributed by atoms with Crippen molar-refractivity contribution in [1.82, 2.24) is 34.5 Å². The summed E-state index contributed by atoms with van der Waals surface area (Å²) in [6, 6.07) is 19.5. The number of halogens is 1. The standard InChI is InChI=1S/C36H36FN7O3/c1-36(2,3)47-35(46)43-19-17-42(18-20-43)34(45)27-10-6-25(7-11-27)21-32-39-16-14-31(40-32)30-24-44(23-26-8-12-29(37)13-9-26)41-33(30)28-5-4-15-38-22-28/h4-16,22,24H,17-21,23H2,1-3H3. The molecule has 0 spiro atoms. The molecule has 0 saturated carbocycles. The summed E-state index contributed by atoms with van der Waals surface area (Å²) in [5, 5.41) is 4.84. The second-order valence-electron chi connectivity index (χ2n) is 12.4. The van der Waals surface area contributed by atoms with E-state index in [2.05, 4.69) is 9.97 Å². The van der Waals surface area contributed by atoms with Gasteiger partial charge in [-0.1, -0.05) is 24.3 Å². The van der Waals surface area contributed by atoms with E-state index in [1.54, 1.807) is 40.5 Å². The third-order valence-electron chi connectivity index (χ3n) is 7.72. The first-order valence-electron chi connectivity index (χ1n) is 15.5. The Hall–Kier alpha value is -5.45. The van der Waals surface area contributed by atoms with E-state index in [9.17, 15) is 14.0 Å². The molecule has 47 heavy (non-hydrogen) atoms. The predicted octanol–water partition coefficient (Wildman–Crippen LogP) is 5.87. The van der Waals surface area contributed by atoms with Gasteiger partial charge in [0.25, 0.3) is 5.91 Å². The molecule has 2 aromatic carbocycles. The van der Waals surface area contributed by atoms with Gasteiger partial charge in [0.1, 0.15) is 22.9 Å². The molecule has 0 bridgehead atoms. The second kappa shape index (κ2) is 13.5. The lowest BCUT2D eigenvalue weighted by molar-refractivity contribution is 0.0141. The summed E-state index contributed by atoms with van der Waals surface area (Å²) in [7, 11) is 0. The van der Waals surface area contributed by atoms with E-state index in [0.717, 1.165) is 33.6 Å². The van der Waals surface area contributed by atoms with Crippen molar-refractivity contribution in [1.29, 1.82) is 0 Å². The molecule has 1 aliphatic rings. The fourth-order valence-electron chi connectivity index (χ4n) is 5.37. The number of piperazine rings is 1. The van der Waals surface area contributed by atoms with Crippen LogP contribution in [0.3, 0.4) is 0 Å². The highest BCUT2D eigenvalue weighted by Crippen LogP contribution is 2.30. The number of carbonyl (C=O) groups excluding carboxylic acids is 2. The molecule has 0 aliphatic carbocycles. The van der Waals surface area contributed by atoms with Crippen molar-refractivity contribution in [2.75, 3.05) is 26.2 Å². The highest BCUT2D eigenvalue weighted by Gasteiger charge is 2.28. The molecule has 10 nitrogen and oxygen atoms in total. The molecule has 2 amide bonds. The number of aromatic nitrogens is 5. The first-order chi connectivity index (χ1) is 22.6. The van der Waals surface area contributed by atoms with Gasteiger partial charge in [0.2, 0.25) is 0 Å². The molecule has 1 fully saturated rings. The van der Waals surface area contributed by atoms with Crippen molar-refractivity contribution in [3.05, 3.63) is 120 Å². The SMILES string of the molecule is CC(C)(C)OC(=O)N1CCN(C(=O)c2ccc(Cc3nccc(-c4cn(Cc5ccc(F)cc5)nc4-c4cccnc4)n3)cc2)CC1. The molecule has 0 atom stereocenters. The number of benzene rings is 2. The molecular formula is C36H36FN7O3. The summed E-state index contributed by atoms with van der Waals surface area (Å²) in [6.07, 6.45) is 7.27. The fourth-order valence-corrected chi connectivity index (χ4v) is 5.37. The van der Waals surface area contributed by atoms with Gasteiger partial charge in [-0.05, 0) is 74.4 Å². The molecular weight excluding hydrogens is 597 g/mol. The maximum atomic E-state index is 13.5. The number of ether oxygens (including phenoxy) is 1. The summed E-state index contributed by atoms with van der Waals surface area (Å²) in [5.74, 6) is 0.276. The van der Waals surface area contributed by atoms with Gasteiger partial charge in [-0.3, -0.25) is 14.5 Å². The van der Waals surface area contributed by atoms with Crippen LogP contribution in [0.2, 0.25) is 0 Å². The summed E-state index contributed by atoms with van der Waals surface area (Å²) < 4.78 is 20.7. The normalized spacial score (nSPS) is 13.4. The Balaban J connectivity index is 1.14. The lowest BCUT2D eigenvalue weighted by Gasteiger charge is -2.35. The smallest absolute Gasteiger partial charge is 0.410 e. The Morgan fingerprint density at radius 3 is 2.26 bits per heavy atom. The van der Waals surface area contributed by atoms with Gasteiger partial charge in [-0.15, -0.1) is 0 Å². The Labute approximate surface area is 272 Å². The zero-order valence-electron chi connectivity index (χ0n) is 26.6. The third-order valence-corrected chi connectivity index (χ3v) is 7.72. The van der Waals surface area contributed by atoms with Crippen LogP contribution in [0, 0.1) is 5.82 Å². The molecule has 1 aliphatic heterocycles. The number of hydrogen-bond acceptors (Lipinski definition) is 7.